The van der Waals surface area contributed by atoms with Crippen LogP contribution in [0.4, 0.5) is 0 Å². The Kier molecular flexibility index (Phi) is 6.22. The van der Waals surface area contributed by atoms with Gasteiger partial charge in [-0.3, -0.25) is 0 Å². The van der Waals surface area contributed by atoms with Crippen LogP contribution >= 0.6 is 0 Å². The Morgan fingerprint density at radius 1 is 0.828 bits per heavy atom. The van der Waals surface area contributed by atoms with Gasteiger partial charge in [0.2, 0.25) is 0 Å². The fourth-order valence-electron chi connectivity index (χ4n) is 9.35. The van der Waals surface area contributed by atoms with Crippen molar-refractivity contribution in [2.24, 2.45) is 58.2 Å². The number of aliphatic hydroxyl groups excluding tert-OH is 1. The topological polar surface area (TPSA) is 20.2 Å². The standard InChI is InChI=1S/C28H50O/c1-18(2)19(3)10-11-20(4)23-14-15-24-22-13-12-21-8-7-9-26(29)28(21,6)25(22)16-17-27(23,24)5/h18-26,29H,7-17H2,1-6H3/t19-,20+,21+,22+,23+,24-,25-,26?,27+,28-/m0/s1. The second-order valence-corrected chi connectivity index (χ2v) is 13.0. The summed E-state index contributed by atoms with van der Waals surface area (Å²) >= 11 is 0. The van der Waals surface area contributed by atoms with E-state index in [0.29, 0.717) is 5.41 Å². The summed E-state index contributed by atoms with van der Waals surface area (Å²) in [7, 11) is 0. The van der Waals surface area contributed by atoms with Crippen LogP contribution in [0, 0.1) is 58.2 Å². The lowest BCUT2D eigenvalue weighted by Crippen LogP contribution is -2.57. The fourth-order valence-corrected chi connectivity index (χ4v) is 9.35. The van der Waals surface area contributed by atoms with E-state index in [1.165, 1.54) is 64.2 Å². The lowest BCUT2D eigenvalue weighted by molar-refractivity contribution is -0.164. The van der Waals surface area contributed by atoms with Gasteiger partial charge in [-0.05, 0) is 110 Å². The Bertz CT molecular complexity index is 569. The molecule has 0 bridgehead atoms. The second kappa shape index (κ2) is 8.14. The van der Waals surface area contributed by atoms with Gasteiger partial charge in [-0.2, -0.15) is 0 Å². The van der Waals surface area contributed by atoms with Crippen molar-refractivity contribution in [1.82, 2.24) is 0 Å². The van der Waals surface area contributed by atoms with Gasteiger partial charge in [0.05, 0.1) is 6.10 Å². The average Bonchev–Trinajstić information content (AvgIpc) is 3.04. The summed E-state index contributed by atoms with van der Waals surface area (Å²) in [6.07, 6.45) is 15.1. The summed E-state index contributed by atoms with van der Waals surface area (Å²) in [5, 5.41) is 11.1. The number of hydrogen-bond acceptors (Lipinski definition) is 1. The molecule has 0 saturated heterocycles. The molecule has 1 heteroatoms. The summed E-state index contributed by atoms with van der Waals surface area (Å²) in [4.78, 5) is 0. The van der Waals surface area contributed by atoms with Gasteiger partial charge in [0.1, 0.15) is 0 Å². The van der Waals surface area contributed by atoms with Crippen molar-refractivity contribution in [2.75, 3.05) is 0 Å². The Labute approximate surface area is 181 Å². The zero-order valence-electron chi connectivity index (χ0n) is 20.4. The molecule has 0 amide bonds. The molecule has 10 atom stereocenters. The van der Waals surface area contributed by atoms with Crippen molar-refractivity contribution in [3.63, 3.8) is 0 Å². The van der Waals surface area contributed by atoms with E-state index in [1.54, 1.807) is 0 Å². The predicted molar refractivity (Wildman–Crippen MR) is 124 cm³/mol. The highest BCUT2D eigenvalue weighted by Gasteiger charge is 2.61. The van der Waals surface area contributed by atoms with Crippen molar-refractivity contribution in [1.29, 1.82) is 0 Å². The first-order chi connectivity index (χ1) is 13.7. The molecular formula is C28H50O. The van der Waals surface area contributed by atoms with E-state index in [0.717, 1.165) is 53.8 Å². The second-order valence-electron chi connectivity index (χ2n) is 13.0. The maximum atomic E-state index is 11.1. The number of rotatable bonds is 5. The van der Waals surface area contributed by atoms with E-state index in [1.807, 2.05) is 0 Å². The summed E-state index contributed by atoms with van der Waals surface area (Å²) in [6, 6.07) is 0. The van der Waals surface area contributed by atoms with Crippen molar-refractivity contribution < 1.29 is 5.11 Å². The lowest BCUT2D eigenvalue weighted by atomic mass is 9.44. The maximum absolute atomic E-state index is 11.1. The van der Waals surface area contributed by atoms with Crippen LogP contribution in [0.1, 0.15) is 112 Å². The molecule has 0 aromatic carbocycles. The highest BCUT2D eigenvalue weighted by atomic mass is 16.3. The molecule has 0 aliphatic heterocycles. The molecule has 4 saturated carbocycles. The third-order valence-electron chi connectivity index (χ3n) is 11.7. The quantitative estimate of drug-likeness (QED) is 0.499. The molecule has 4 rings (SSSR count). The van der Waals surface area contributed by atoms with Crippen LogP contribution in [0.3, 0.4) is 0 Å². The van der Waals surface area contributed by atoms with Crippen LogP contribution in [-0.2, 0) is 0 Å². The van der Waals surface area contributed by atoms with E-state index in [2.05, 4.69) is 41.5 Å². The molecule has 0 heterocycles. The lowest BCUT2D eigenvalue weighted by Gasteiger charge is -2.62. The fraction of sp³-hybridized carbons (Fsp3) is 1.00. The van der Waals surface area contributed by atoms with Crippen LogP contribution in [0.2, 0.25) is 0 Å². The van der Waals surface area contributed by atoms with Gasteiger partial charge >= 0.3 is 0 Å². The first-order valence-corrected chi connectivity index (χ1v) is 13.4. The molecule has 29 heavy (non-hydrogen) atoms. The van der Waals surface area contributed by atoms with E-state index in [9.17, 15) is 5.11 Å². The molecule has 0 spiro atoms. The minimum Gasteiger partial charge on any atom is -0.393 e. The van der Waals surface area contributed by atoms with Crippen molar-refractivity contribution in [3.8, 4) is 0 Å². The zero-order chi connectivity index (χ0) is 21.0. The summed E-state index contributed by atoms with van der Waals surface area (Å²) in [5.74, 6) is 6.93. The third-order valence-corrected chi connectivity index (χ3v) is 11.7. The summed E-state index contributed by atoms with van der Waals surface area (Å²) in [6.45, 7) is 15.0. The van der Waals surface area contributed by atoms with Crippen LogP contribution in [-0.4, -0.2) is 11.2 Å². The average molecular weight is 403 g/mol. The molecule has 1 N–H and O–H groups in total. The Hall–Kier alpha value is -0.0400. The van der Waals surface area contributed by atoms with Gasteiger partial charge in [-0.1, -0.05) is 60.8 Å². The van der Waals surface area contributed by atoms with Crippen LogP contribution in [0.5, 0.6) is 0 Å². The SMILES string of the molecule is CC(C)[C@@H](C)CC[C@@H](C)[C@H]1CC[C@H]2[C@H]3CC[C@H]4CCCC(O)[C@]4(C)[C@H]3CC[C@]12C. The number of aliphatic hydroxyl groups is 1. The van der Waals surface area contributed by atoms with Gasteiger partial charge in [0.25, 0.3) is 0 Å². The molecule has 0 aromatic heterocycles. The Morgan fingerprint density at radius 2 is 1.59 bits per heavy atom. The van der Waals surface area contributed by atoms with Crippen LogP contribution in [0.25, 0.3) is 0 Å². The van der Waals surface area contributed by atoms with Gasteiger partial charge in [0.15, 0.2) is 0 Å². The molecule has 4 aliphatic carbocycles. The monoisotopic (exact) mass is 402 g/mol. The first-order valence-electron chi connectivity index (χ1n) is 13.4. The molecular weight excluding hydrogens is 352 g/mol. The molecule has 0 radical (unpaired) electrons. The molecule has 168 valence electrons. The zero-order valence-corrected chi connectivity index (χ0v) is 20.4. The van der Waals surface area contributed by atoms with Crippen LogP contribution in [0.15, 0.2) is 0 Å². The Balaban J connectivity index is 1.48. The van der Waals surface area contributed by atoms with E-state index in [-0.39, 0.29) is 11.5 Å². The van der Waals surface area contributed by atoms with Crippen LogP contribution < -0.4 is 0 Å². The number of hydrogen-bond donors (Lipinski definition) is 1. The third kappa shape index (κ3) is 3.54. The summed E-state index contributed by atoms with van der Waals surface area (Å²) < 4.78 is 0. The summed E-state index contributed by atoms with van der Waals surface area (Å²) in [5.41, 5.74) is 0.795. The highest BCUT2D eigenvalue weighted by molar-refractivity contribution is 5.10. The normalized spacial score (nSPS) is 49.2. The molecule has 1 nitrogen and oxygen atoms in total. The van der Waals surface area contributed by atoms with Gasteiger partial charge in [-0.15, -0.1) is 0 Å². The van der Waals surface area contributed by atoms with Crippen molar-refractivity contribution in [2.45, 2.75) is 118 Å². The first kappa shape index (κ1) is 22.2. The molecule has 0 aromatic rings. The number of fused-ring (bicyclic) bond motifs is 5. The molecule has 4 aliphatic rings. The van der Waals surface area contributed by atoms with Crippen molar-refractivity contribution in [3.05, 3.63) is 0 Å². The van der Waals surface area contributed by atoms with E-state index >= 15 is 0 Å². The predicted octanol–water partition coefficient (Wildman–Crippen LogP) is 7.71. The van der Waals surface area contributed by atoms with E-state index < -0.39 is 0 Å². The Morgan fingerprint density at radius 3 is 2.31 bits per heavy atom. The van der Waals surface area contributed by atoms with Crippen molar-refractivity contribution >= 4 is 0 Å². The smallest absolute Gasteiger partial charge is 0.0599 e. The van der Waals surface area contributed by atoms with Gasteiger partial charge in [-0.25, -0.2) is 0 Å². The van der Waals surface area contributed by atoms with E-state index in [4.69, 9.17) is 0 Å². The molecule has 1 unspecified atom stereocenters. The highest BCUT2D eigenvalue weighted by Crippen LogP contribution is 2.68. The minimum absolute atomic E-state index is 0.0351. The largest absolute Gasteiger partial charge is 0.393 e. The molecule has 4 fully saturated rings. The van der Waals surface area contributed by atoms with Gasteiger partial charge < -0.3 is 5.11 Å². The minimum atomic E-state index is -0.0351. The van der Waals surface area contributed by atoms with Gasteiger partial charge in [0, 0.05) is 0 Å². The maximum Gasteiger partial charge on any atom is 0.0599 e.